The van der Waals surface area contributed by atoms with Crippen LogP contribution in [0, 0.1) is 0 Å². The summed E-state index contributed by atoms with van der Waals surface area (Å²) in [6.45, 7) is 0.0256. The van der Waals surface area contributed by atoms with Crippen molar-refractivity contribution in [1.82, 2.24) is 0 Å². The van der Waals surface area contributed by atoms with Gasteiger partial charge in [-0.15, -0.1) is 0 Å². The van der Waals surface area contributed by atoms with Gasteiger partial charge in [-0.2, -0.15) is 13.2 Å². The molecular formula is C10H13F3N2O. The third kappa shape index (κ3) is 3.11. The molecule has 16 heavy (non-hydrogen) atoms. The number of anilines is 1. The van der Waals surface area contributed by atoms with Crippen LogP contribution in [-0.4, -0.2) is 18.3 Å². The summed E-state index contributed by atoms with van der Waals surface area (Å²) in [6.07, 6.45) is -4.38. The number of aliphatic hydroxyl groups excluding tert-OH is 1. The number of benzene rings is 1. The van der Waals surface area contributed by atoms with E-state index in [0.29, 0.717) is 5.69 Å². The first-order valence-electron chi connectivity index (χ1n) is 4.74. The van der Waals surface area contributed by atoms with Gasteiger partial charge in [-0.25, -0.2) is 0 Å². The zero-order valence-electron chi connectivity index (χ0n) is 8.51. The van der Waals surface area contributed by atoms with Gasteiger partial charge in [0.05, 0.1) is 12.2 Å². The Balaban J connectivity index is 2.98. The Morgan fingerprint density at radius 2 is 2.00 bits per heavy atom. The third-order valence-corrected chi connectivity index (χ3v) is 2.07. The lowest BCUT2D eigenvalue weighted by atomic mass is 10.1. The summed E-state index contributed by atoms with van der Waals surface area (Å²) in [7, 11) is 0. The molecule has 3 nitrogen and oxygen atoms in total. The first-order chi connectivity index (χ1) is 7.49. The maximum Gasteiger partial charge on any atom is 0.416 e. The Bertz CT molecular complexity index is 352. The fraction of sp³-hybridized carbons (Fsp3) is 0.400. The Morgan fingerprint density at radius 1 is 1.31 bits per heavy atom. The average molecular weight is 234 g/mol. The van der Waals surface area contributed by atoms with E-state index >= 15 is 0 Å². The maximum absolute atomic E-state index is 12.5. The van der Waals surface area contributed by atoms with Crippen LogP contribution in [0.4, 0.5) is 18.9 Å². The highest BCUT2D eigenvalue weighted by Gasteiger charge is 2.32. The minimum Gasteiger partial charge on any atom is -0.395 e. The molecule has 1 aromatic rings. The van der Waals surface area contributed by atoms with Crippen molar-refractivity contribution in [2.75, 3.05) is 18.5 Å². The van der Waals surface area contributed by atoms with E-state index in [2.05, 4.69) is 5.32 Å². The van der Waals surface area contributed by atoms with Gasteiger partial charge in [-0.1, -0.05) is 0 Å². The molecule has 0 bridgehead atoms. The summed E-state index contributed by atoms with van der Waals surface area (Å²) >= 11 is 0. The van der Waals surface area contributed by atoms with E-state index in [0.717, 1.165) is 6.07 Å². The second-order valence-electron chi connectivity index (χ2n) is 3.22. The van der Waals surface area contributed by atoms with Gasteiger partial charge >= 0.3 is 6.18 Å². The van der Waals surface area contributed by atoms with Gasteiger partial charge in [0.15, 0.2) is 0 Å². The standard InChI is InChI=1S/C10H13F3N2O/c11-10(12,13)9-2-1-8(15-3-4-16)5-7(9)6-14/h1-2,5,15-16H,3-4,6,14H2. The highest BCUT2D eigenvalue weighted by Crippen LogP contribution is 2.33. The van der Waals surface area contributed by atoms with Crippen molar-refractivity contribution in [3.63, 3.8) is 0 Å². The molecule has 0 fully saturated rings. The van der Waals surface area contributed by atoms with Crippen molar-refractivity contribution in [2.24, 2.45) is 5.73 Å². The molecule has 0 saturated carbocycles. The number of nitrogens with one attached hydrogen (secondary N) is 1. The van der Waals surface area contributed by atoms with Crippen LogP contribution in [-0.2, 0) is 12.7 Å². The normalized spacial score (nSPS) is 11.6. The summed E-state index contributed by atoms with van der Waals surface area (Å²) in [5.74, 6) is 0. The monoisotopic (exact) mass is 234 g/mol. The van der Waals surface area contributed by atoms with Gasteiger partial charge in [0.2, 0.25) is 0 Å². The molecule has 90 valence electrons. The van der Waals surface area contributed by atoms with Crippen molar-refractivity contribution in [3.05, 3.63) is 29.3 Å². The van der Waals surface area contributed by atoms with Crippen LogP contribution in [0.25, 0.3) is 0 Å². The van der Waals surface area contributed by atoms with Crippen molar-refractivity contribution in [1.29, 1.82) is 0 Å². The van der Waals surface area contributed by atoms with Crippen LogP contribution >= 0.6 is 0 Å². The van der Waals surface area contributed by atoms with Gasteiger partial charge in [0.1, 0.15) is 0 Å². The SMILES string of the molecule is NCc1cc(NCCO)ccc1C(F)(F)F. The van der Waals surface area contributed by atoms with Crippen LogP contribution in [0.5, 0.6) is 0 Å². The Labute approximate surface area is 91.1 Å². The molecule has 1 aromatic carbocycles. The second kappa shape index (κ2) is 5.18. The number of rotatable bonds is 4. The van der Waals surface area contributed by atoms with Crippen LogP contribution in [0.15, 0.2) is 18.2 Å². The predicted molar refractivity (Wildman–Crippen MR) is 54.9 cm³/mol. The highest BCUT2D eigenvalue weighted by atomic mass is 19.4. The van der Waals surface area contributed by atoms with E-state index in [4.69, 9.17) is 10.8 Å². The molecule has 6 heteroatoms. The topological polar surface area (TPSA) is 58.3 Å². The van der Waals surface area contributed by atoms with Crippen molar-refractivity contribution < 1.29 is 18.3 Å². The largest absolute Gasteiger partial charge is 0.416 e. The quantitative estimate of drug-likeness (QED) is 0.741. The minimum absolute atomic E-state index is 0.0374. The number of alkyl halides is 3. The lowest BCUT2D eigenvalue weighted by molar-refractivity contribution is -0.138. The molecule has 1 rings (SSSR count). The van der Waals surface area contributed by atoms with Crippen LogP contribution in [0.3, 0.4) is 0 Å². The van der Waals surface area contributed by atoms with E-state index in [9.17, 15) is 13.2 Å². The predicted octanol–water partition coefficient (Wildman–Crippen LogP) is 1.57. The van der Waals surface area contributed by atoms with Crippen molar-refractivity contribution in [2.45, 2.75) is 12.7 Å². The van der Waals surface area contributed by atoms with Crippen LogP contribution < -0.4 is 11.1 Å². The molecule has 0 aliphatic heterocycles. The molecular weight excluding hydrogens is 221 g/mol. The molecule has 0 aliphatic rings. The van der Waals surface area contributed by atoms with E-state index in [1.807, 2.05) is 0 Å². The van der Waals surface area contributed by atoms with Crippen molar-refractivity contribution >= 4 is 5.69 Å². The molecule has 0 saturated heterocycles. The molecule has 0 unspecified atom stereocenters. The van der Waals surface area contributed by atoms with Gasteiger partial charge in [0.25, 0.3) is 0 Å². The molecule has 0 spiro atoms. The minimum atomic E-state index is -4.38. The highest BCUT2D eigenvalue weighted by molar-refractivity contribution is 5.49. The van der Waals surface area contributed by atoms with E-state index < -0.39 is 11.7 Å². The number of hydrogen-bond acceptors (Lipinski definition) is 3. The third-order valence-electron chi connectivity index (χ3n) is 2.07. The zero-order valence-corrected chi connectivity index (χ0v) is 8.51. The molecule has 0 aromatic heterocycles. The smallest absolute Gasteiger partial charge is 0.395 e. The van der Waals surface area contributed by atoms with Gasteiger partial charge in [-0.3, -0.25) is 0 Å². The van der Waals surface area contributed by atoms with E-state index in [-0.39, 0.29) is 25.3 Å². The van der Waals surface area contributed by atoms with E-state index in [1.54, 1.807) is 0 Å². The summed E-state index contributed by atoms with van der Waals surface area (Å²) in [5.41, 5.74) is 5.10. The zero-order chi connectivity index (χ0) is 12.2. The summed E-state index contributed by atoms with van der Waals surface area (Å²) in [4.78, 5) is 0. The Morgan fingerprint density at radius 3 is 2.50 bits per heavy atom. The molecule has 0 atom stereocenters. The second-order valence-corrected chi connectivity index (χ2v) is 3.22. The van der Waals surface area contributed by atoms with Crippen LogP contribution in [0.1, 0.15) is 11.1 Å². The maximum atomic E-state index is 12.5. The average Bonchev–Trinajstić information content (AvgIpc) is 2.24. The fourth-order valence-electron chi connectivity index (χ4n) is 1.35. The number of nitrogens with two attached hydrogens (primary N) is 1. The molecule has 0 aliphatic carbocycles. The number of aliphatic hydroxyl groups is 1. The fourth-order valence-corrected chi connectivity index (χ4v) is 1.35. The molecule has 0 heterocycles. The molecule has 4 N–H and O–H groups in total. The number of hydrogen-bond donors (Lipinski definition) is 3. The summed E-state index contributed by atoms with van der Waals surface area (Å²) in [6, 6.07) is 3.65. The Hall–Kier alpha value is -1.27. The van der Waals surface area contributed by atoms with E-state index in [1.165, 1.54) is 12.1 Å². The van der Waals surface area contributed by atoms with Gasteiger partial charge in [0, 0.05) is 18.8 Å². The van der Waals surface area contributed by atoms with Crippen LogP contribution in [0.2, 0.25) is 0 Å². The molecule has 0 radical (unpaired) electrons. The van der Waals surface area contributed by atoms with Crippen molar-refractivity contribution in [3.8, 4) is 0 Å². The lowest BCUT2D eigenvalue weighted by Crippen LogP contribution is -2.13. The van der Waals surface area contributed by atoms with Gasteiger partial charge in [-0.05, 0) is 23.8 Å². The first-order valence-corrected chi connectivity index (χ1v) is 4.74. The molecule has 0 amide bonds. The lowest BCUT2D eigenvalue weighted by Gasteiger charge is -2.13. The number of halogens is 3. The summed E-state index contributed by atoms with van der Waals surface area (Å²) in [5, 5.41) is 11.3. The van der Waals surface area contributed by atoms with Gasteiger partial charge < -0.3 is 16.2 Å². The first kappa shape index (κ1) is 12.8. The summed E-state index contributed by atoms with van der Waals surface area (Å²) < 4.78 is 37.5. The Kier molecular flexibility index (Phi) is 4.14.